The summed E-state index contributed by atoms with van der Waals surface area (Å²) in [6.07, 6.45) is 4.33. The van der Waals surface area contributed by atoms with Crippen LogP contribution in [0.5, 0.6) is 0 Å². The van der Waals surface area contributed by atoms with Gasteiger partial charge < -0.3 is 5.32 Å². The molecule has 2 heterocycles. The second-order valence-corrected chi connectivity index (χ2v) is 6.94. The minimum atomic E-state index is -0.424. The van der Waals surface area contributed by atoms with Gasteiger partial charge in [-0.3, -0.25) is 0 Å². The van der Waals surface area contributed by atoms with Crippen LogP contribution < -0.4 is 5.32 Å². The highest BCUT2D eigenvalue weighted by Crippen LogP contribution is 2.43. The lowest BCUT2D eigenvalue weighted by atomic mass is 9.83. The molecule has 0 bridgehead atoms. The molecule has 1 N–H and O–H groups in total. The van der Waals surface area contributed by atoms with E-state index in [0.717, 1.165) is 36.1 Å². The van der Waals surface area contributed by atoms with Crippen molar-refractivity contribution in [1.29, 1.82) is 0 Å². The van der Waals surface area contributed by atoms with Crippen molar-refractivity contribution >= 4 is 12.0 Å². The lowest BCUT2D eigenvalue weighted by Gasteiger charge is -2.34. The standard InChI is InChI=1S/C21H17F2N5/c22-17-10-3-1-6-13(17)12-14-7-5-9-16-19(14)24-21-25-26-27-28(21)20(16)15-8-2-4-11-18(15)23/h1-4,6,8,10-12,20H,5,7,9H2,(H,24,25,27)/b14-12+/t20-/m1/s1. The number of halogens is 2. The van der Waals surface area contributed by atoms with Crippen LogP contribution >= 0.6 is 0 Å². The van der Waals surface area contributed by atoms with E-state index in [9.17, 15) is 8.78 Å². The van der Waals surface area contributed by atoms with E-state index in [1.165, 1.54) is 12.1 Å². The molecule has 5 rings (SSSR count). The molecule has 0 saturated carbocycles. The van der Waals surface area contributed by atoms with Gasteiger partial charge in [-0.25, -0.2) is 8.78 Å². The number of allylic oxidation sites excluding steroid dienone is 2. The first-order valence-corrected chi connectivity index (χ1v) is 9.20. The second kappa shape index (κ2) is 6.67. The number of fused-ring (bicyclic) bond motifs is 1. The van der Waals surface area contributed by atoms with E-state index in [4.69, 9.17) is 0 Å². The molecule has 0 radical (unpaired) electrons. The Hall–Kier alpha value is -3.35. The van der Waals surface area contributed by atoms with E-state index in [1.54, 1.807) is 28.9 Å². The van der Waals surface area contributed by atoms with Gasteiger partial charge in [0.25, 0.3) is 0 Å². The van der Waals surface area contributed by atoms with Crippen LogP contribution in [0.4, 0.5) is 14.7 Å². The molecular formula is C21H17F2N5. The Morgan fingerprint density at radius 3 is 2.61 bits per heavy atom. The SMILES string of the molecule is Fc1ccccc1/C=C1\CCCC2=C1Nc1nnnn1[C@@H]2c1ccccc1F. The van der Waals surface area contributed by atoms with Gasteiger partial charge in [-0.05, 0) is 59.0 Å². The van der Waals surface area contributed by atoms with E-state index in [2.05, 4.69) is 20.8 Å². The van der Waals surface area contributed by atoms with Crippen LogP contribution in [0, 0.1) is 11.6 Å². The molecule has 5 nitrogen and oxygen atoms in total. The zero-order valence-electron chi connectivity index (χ0n) is 14.9. The van der Waals surface area contributed by atoms with Crippen molar-refractivity contribution in [1.82, 2.24) is 20.2 Å². The minimum Gasteiger partial charge on any atom is -0.323 e. The highest BCUT2D eigenvalue weighted by Gasteiger charge is 2.35. The van der Waals surface area contributed by atoms with Gasteiger partial charge in [-0.2, -0.15) is 4.68 Å². The van der Waals surface area contributed by atoms with Gasteiger partial charge in [0, 0.05) is 16.8 Å². The maximum Gasteiger partial charge on any atom is 0.248 e. The van der Waals surface area contributed by atoms with Crippen LogP contribution in [-0.2, 0) is 0 Å². The number of nitrogens with one attached hydrogen (secondary N) is 1. The van der Waals surface area contributed by atoms with Crippen molar-refractivity contribution in [2.75, 3.05) is 5.32 Å². The van der Waals surface area contributed by atoms with Gasteiger partial charge >= 0.3 is 0 Å². The highest BCUT2D eigenvalue weighted by atomic mass is 19.1. The Labute approximate surface area is 160 Å². The first-order chi connectivity index (χ1) is 13.7. The third kappa shape index (κ3) is 2.70. The van der Waals surface area contributed by atoms with Crippen LogP contribution in [0.2, 0.25) is 0 Å². The number of nitrogens with zero attached hydrogens (tertiary/aromatic N) is 4. The molecule has 0 saturated heterocycles. The van der Waals surface area contributed by atoms with Crippen LogP contribution in [0.3, 0.4) is 0 Å². The maximum atomic E-state index is 14.6. The number of benzene rings is 2. The van der Waals surface area contributed by atoms with Crippen molar-refractivity contribution in [2.24, 2.45) is 0 Å². The number of hydrogen-bond donors (Lipinski definition) is 1. The Morgan fingerprint density at radius 1 is 1.00 bits per heavy atom. The minimum absolute atomic E-state index is 0.269. The Morgan fingerprint density at radius 2 is 1.79 bits per heavy atom. The van der Waals surface area contributed by atoms with E-state index >= 15 is 0 Å². The molecule has 1 aromatic heterocycles. The fraction of sp³-hybridized carbons (Fsp3) is 0.190. The molecule has 1 aliphatic heterocycles. The van der Waals surface area contributed by atoms with Crippen molar-refractivity contribution < 1.29 is 8.78 Å². The average molecular weight is 377 g/mol. The summed E-state index contributed by atoms with van der Waals surface area (Å²) in [7, 11) is 0. The molecule has 28 heavy (non-hydrogen) atoms. The highest BCUT2D eigenvalue weighted by molar-refractivity contribution is 5.65. The first kappa shape index (κ1) is 16.8. The normalized spacial score (nSPS) is 19.9. The first-order valence-electron chi connectivity index (χ1n) is 9.20. The number of anilines is 1. The fourth-order valence-electron chi connectivity index (χ4n) is 4.01. The number of rotatable bonds is 2. The van der Waals surface area contributed by atoms with Gasteiger partial charge in [0.15, 0.2) is 0 Å². The summed E-state index contributed by atoms with van der Waals surface area (Å²) in [6, 6.07) is 12.9. The molecule has 0 fully saturated rings. The molecule has 0 amide bonds. The summed E-state index contributed by atoms with van der Waals surface area (Å²) < 4.78 is 30.4. The predicted octanol–water partition coefficient (Wildman–Crippen LogP) is 4.49. The monoisotopic (exact) mass is 377 g/mol. The van der Waals surface area contributed by atoms with E-state index in [1.807, 2.05) is 18.2 Å². The zero-order chi connectivity index (χ0) is 19.1. The van der Waals surface area contributed by atoms with Crippen LogP contribution in [0.25, 0.3) is 6.08 Å². The topological polar surface area (TPSA) is 55.6 Å². The summed E-state index contributed by atoms with van der Waals surface area (Å²) in [4.78, 5) is 0. The van der Waals surface area contributed by atoms with Crippen molar-refractivity contribution in [3.63, 3.8) is 0 Å². The molecule has 0 unspecified atom stereocenters. The van der Waals surface area contributed by atoms with Crippen molar-refractivity contribution in [2.45, 2.75) is 25.3 Å². The quantitative estimate of drug-likeness (QED) is 0.715. The van der Waals surface area contributed by atoms with Crippen LogP contribution in [0.1, 0.15) is 36.4 Å². The Kier molecular flexibility index (Phi) is 4.00. The summed E-state index contributed by atoms with van der Waals surface area (Å²) in [6.45, 7) is 0. The smallest absolute Gasteiger partial charge is 0.248 e. The van der Waals surface area contributed by atoms with Gasteiger partial charge in [-0.1, -0.05) is 41.5 Å². The average Bonchev–Trinajstić information content (AvgIpc) is 3.17. The Bertz CT molecular complexity index is 1120. The third-order valence-electron chi connectivity index (χ3n) is 5.27. The predicted molar refractivity (Wildman–Crippen MR) is 101 cm³/mol. The van der Waals surface area contributed by atoms with Crippen molar-refractivity contribution in [3.8, 4) is 0 Å². The fourth-order valence-corrected chi connectivity index (χ4v) is 4.01. The summed E-state index contributed by atoms with van der Waals surface area (Å²) in [5, 5.41) is 15.2. The number of hydrogen-bond acceptors (Lipinski definition) is 4. The van der Waals surface area contributed by atoms with E-state index < -0.39 is 6.04 Å². The molecule has 2 aromatic carbocycles. The van der Waals surface area contributed by atoms with Gasteiger partial charge in [-0.15, -0.1) is 0 Å². The van der Waals surface area contributed by atoms with Crippen LogP contribution in [0.15, 0.2) is 65.4 Å². The van der Waals surface area contributed by atoms with Gasteiger partial charge in [0.2, 0.25) is 5.95 Å². The van der Waals surface area contributed by atoms with Gasteiger partial charge in [0.05, 0.1) is 0 Å². The third-order valence-corrected chi connectivity index (χ3v) is 5.27. The molecular weight excluding hydrogens is 360 g/mol. The summed E-state index contributed by atoms with van der Waals surface area (Å²) in [5.41, 5.74) is 3.91. The molecule has 0 spiro atoms. The lowest BCUT2D eigenvalue weighted by molar-refractivity contribution is 0.497. The van der Waals surface area contributed by atoms with Crippen LogP contribution in [-0.4, -0.2) is 20.2 Å². The largest absolute Gasteiger partial charge is 0.323 e. The Balaban J connectivity index is 1.68. The van der Waals surface area contributed by atoms with E-state index in [-0.39, 0.29) is 11.6 Å². The lowest BCUT2D eigenvalue weighted by Crippen LogP contribution is -2.28. The van der Waals surface area contributed by atoms with Crippen molar-refractivity contribution in [3.05, 3.63) is 88.1 Å². The maximum absolute atomic E-state index is 14.6. The molecule has 140 valence electrons. The molecule has 7 heteroatoms. The number of tetrazole rings is 1. The molecule has 1 atom stereocenters. The summed E-state index contributed by atoms with van der Waals surface area (Å²) in [5.74, 6) is -0.115. The van der Waals surface area contributed by atoms with E-state index in [0.29, 0.717) is 17.1 Å². The second-order valence-electron chi connectivity index (χ2n) is 6.94. The molecule has 2 aliphatic rings. The zero-order valence-corrected chi connectivity index (χ0v) is 14.9. The van der Waals surface area contributed by atoms with Gasteiger partial charge in [0.1, 0.15) is 17.7 Å². The molecule has 3 aromatic rings. The number of aromatic nitrogens is 4. The summed E-state index contributed by atoms with van der Waals surface area (Å²) >= 11 is 0. The molecule has 1 aliphatic carbocycles.